The van der Waals surface area contributed by atoms with Crippen molar-refractivity contribution in [3.05, 3.63) is 70.2 Å². The molecule has 1 N–H and O–H groups in total. The molecule has 0 aliphatic heterocycles. The van der Waals surface area contributed by atoms with E-state index in [1.807, 2.05) is 12.1 Å². The number of carbonyl (C=O) groups is 1. The summed E-state index contributed by atoms with van der Waals surface area (Å²) in [5, 5.41) is 11.4. The molecule has 0 spiro atoms. The lowest BCUT2D eigenvalue weighted by Gasteiger charge is -2.20. The van der Waals surface area contributed by atoms with Gasteiger partial charge in [-0.25, -0.2) is 4.79 Å². The van der Waals surface area contributed by atoms with Crippen molar-refractivity contribution in [3.63, 3.8) is 0 Å². The number of fused-ring (bicyclic) bond motifs is 4. The number of phenols is 1. The van der Waals surface area contributed by atoms with Crippen molar-refractivity contribution in [3.8, 4) is 16.9 Å². The predicted octanol–water partition coefficient (Wildman–Crippen LogP) is 4.23. The van der Waals surface area contributed by atoms with Crippen LogP contribution in [0.3, 0.4) is 0 Å². The Labute approximate surface area is 153 Å². The van der Waals surface area contributed by atoms with Crippen molar-refractivity contribution in [1.82, 2.24) is 4.98 Å². The van der Waals surface area contributed by atoms with E-state index in [2.05, 4.69) is 0 Å². The molecule has 0 unspecified atom stereocenters. The van der Waals surface area contributed by atoms with Gasteiger partial charge in [0.15, 0.2) is 5.78 Å². The van der Waals surface area contributed by atoms with Gasteiger partial charge in [-0.05, 0) is 31.0 Å². The van der Waals surface area contributed by atoms with Gasteiger partial charge in [-0.2, -0.15) is 0 Å². The molecule has 5 rings (SSSR count). The average molecular weight is 357 g/mol. The molecular formula is C22H15NO4. The summed E-state index contributed by atoms with van der Waals surface area (Å²) in [7, 11) is 0. The van der Waals surface area contributed by atoms with Crippen molar-refractivity contribution in [2.45, 2.75) is 19.3 Å². The molecule has 0 radical (unpaired) electrons. The first-order chi connectivity index (χ1) is 13.1. The summed E-state index contributed by atoms with van der Waals surface area (Å²) in [6.07, 6.45) is 1.79. The van der Waals surface area contributed by atoms with Crippen LogP contribution in [0.15, 0.2) is 57.7 Å². The summed E-state index contributed by atoms with van der Waals surface area (Å²) in [6.45, 7) is 0. The second kappa shape index (κ2) is 5.77. The molecular weight excluding hydrogens is 342 g/mol. The number of Topliss-reactive ketones (excluding diaryl/α,β-unsaturated/α-hetero) is 1. The van der Waals surface area contributed by atoms with E-state index in [9.17, 15) is 14.7 Å². The van der Waals surface area contributed by atoms with Gasteiger partial charge in [-0.15, -0.1) is 0 Å². The lowest BCUT2D eigenvalue weighted by molar-refractivity contribution is 0.0972. The van der Waals surface area contributed by atoms with E-state index in [4.69, 9.17) is 9.40 Å². The predicted molar refractivity (Wildman–Crippen MR) is 102 cm³/mol. The van der Waals surface area contributed by atoms with Gasteiger partial charge in [0, 0.05) is 28.5 Å². The number of nitrogens with zero attached hydrogens (tertiary/aromatic N) is 1. The van der Waals surface area contributed by atoms with E-state index < -0.39 is 5.63 Å². The molecule has 1 aliphatic rings. The van der Waals surface area contributed by atoms with Crippen LogP contribution in [0.25, 0.3) is 33.0 Å². The van der Waals surface area contributed by atoms with Crippen molar-refractivity contribution in [2.75, 3.05) is 0 Å². The van der Waals surface area contributed by atoms with E-state index in [-0.39, 0.29) is 16.9 Å². The Morgan fingerprint density at radius 3 is 2.56 bits per heavy atom. The van der Waals surface area contributed by atoms with E-state index in [1.165, 1.54) is 0 Å². The molecule has 132 valence electrons. The fourth-order valence-corrected chi connectivity index (χ4v) is 3.91. The molecule has 5 heteroatoms. The molecule has 0 saturated carbocycles. The SMILES string of the molecule is O=C1CCCc2nc3c(c(-c4ccccc4O)c21)c(=O)oc1ccccc13. The average Bonchev–Trinajstić information content (AvgIpc) is 2.67. The maximum Gasteiger partial charge on any atom is 0.346 e. The number of carbonyl (C=O) groups excluding carboxylic acids is 1. The zero-order valence-electron chi connectivity index (χ0n) is 14.4. The maximum atomic E-state index is 12.9. The van der Waals surface area contributed by atoms with Crippen LogP contribution in [-0.4, -0.2) is 15.9 Å². The Bertz CT molecular complexity index is 1300. The van der Waals surface area contributed by atoms with Gasteiger partial charge in [-0.1, -0.05) is 30.3 Å². The Balaban J connectivity index is 2.07. The second-order valence-corrected chi connectivity index (χ2v) is 6.71. The normalized spacial score (nSPS) is 13.9. The van der Waals surface area contributed by atoms with Gasteiger partial charge in [-0.3, -0.25) is 9.78 Å². The van der Waals surface area contributed by atoms with Gasteiger partial charge in [0.25, 0.3) is 0 Å². The Hall–Kier alpha value is -3.47. The van der Waals surface area contributed by atoms with Crippen LogP contribution in [0.1, 0.15) is 28.9 Å². The quantitative estimate of drug-likeness (QED) is 0.407. The highest BCUT2D eigenvalue weighted by Crippen LogP contribution is 2.40. The van der Waals surface area contributed by atoms with Gasteiger partial charge < -0.3 is 9.52 Å². The molecule has 4 aromatic rings. The van der Waals surface area contributed by atoms with Crippen molar-refractivity contribution in [1.29, 1.82) is 0 Å². The number of hydrogen-bond donors (Lipinski definition) is 1. The minimum Gasteiger partial charge on any atom is -0.507 e. The van der Waals surface area contributed by atoms with Crippen LogP contribution in [0.4, 0.5) is 0 Å². The minimum absolute atomic E-state index is 0.0122. The number of aromatic nitrogens is 1. The first-order valence-corrected chi connectivity index (χ1v) is 8.85. The first kappa shape index (κ1) is 15.8. The van der Waals surface area contributed by atoms with Crippen molar-refractivity contribution < 1.29 is 14.3 Å². The maximum absolute atomic E-state index is 12.9. The molecule has 2 heterocycles. The van der Waals surface area contributed by atoms with E-state index in [0.717, 1.165) is 6.42 Å². The summed E-state index contributed by atoms with van der Waals surface area (Å²) in [5.74, 6) is -0.0467. The molecule has 0 amide bonds. The number of hydrogen-bond acceptors (Lipinski definition) is 5. The first-order valence-electron chi connectivity index (χ1n) is 8.85. The van der Waals surface area contributed by atoms with Gasteiger partial charge in [0.05, 0.1) is 16.6 Å². The molecule has 1 aliphatic carbocycles. The number of aryl methyl sites for hydroxylation is 1. The fraction of sp³-hybridized carbons (Fsp3) is 0.136. The van der Waals surface area contributed by atoms with Crippen LogP contribution in [-0.2, 0) is 6.42 Å². The van der Waals surface area contributed by atoms with E-state index in [1.54, 1.807) is 36.4 Å². The highest BCUT2D eigenvalue weighted by atomic mass is 16.4. The zero-order chi connectivity index (χ0) is 18.5. The standard InChI is InChI=1S/C22H15NO4/c24-15-9-3-1-6-12(15)18-19-14(8-5-10-16(19)25)23-21-13-7-2-4-11-17(13)27-22(26)20(18)21/h1-4,6-7,9,11,24H,5,8,10H2. The molecule has 2 aromatic carbocycles. The third-order valence-corrected chi connectivity index (χ3v) is 5.09. The summed E-state index contributed by atoms with van der Waals surface area (Å²) in [4.78, 5) is 30.4. The molecule has 0 atom stereocenters. The number of aromatic hydroxyl groups is 1. The topological polar surface area (TPSA) is 80.4 Å². The lowest BCUT2D eigenvalue weighted by atomic mass is 9.86. The smallest absolute Gasteiger partial charge is 0.346 e. The highest BCUT2D eigenvalue weighted by molar-refractivity contribution is 6.15. The molecule has 2 aromatic heterocycles. The molecule has 0 fully saturated rings. The van der Waals surface area contributed by atoms with E-state index in [0.29, 0.717) is 51.7 Å². The van der Waals surface area contributed by atoms with Crippen molar-refractivity contribution >= 4 is 27.7 Å². The third kappa shape index (κ3) is 2.28. The van der Waals surface area contributed by atoms with Gasteiger partial charge in [0.1, 0.15) is 11.3 Å². The highest BCUT2D eigenvalue weighted by Gasteiger charge is 2.28. The number of benzene rings is 2. The lowest BCUT2D eigenvalue weighted by Crippen LogP contribution is -2.17. The van der Waals surface area contributed by atoms with Gasteiger partial charge >= 0.3 is 5.63 Å². The number of para-hydroxylation sites is 2. The van der Waals surface area contributed by atoms with Crippen LogP contribution in [0.5, 0.6) is 5.75 Å². The molecule has 0 bridgehead atoms. The summed E-state index contributed by atoms with van der Waals surface area (Å²) < 4.78 is 5.51. The number of rotatable bonds is 1. The largest absolute Gasteiger partial charge is 0.507 e. The minimum atomic E-state index is -0.560. The molecule has 5 nitrogen and oxygen atoms in total. The Morgan fingerprint density at radius 2 is 1.70 bits per heavy atom. The van der Waals surface area contributed by atoms with Crippen LogP contribution < -0.4 is 5.63 Å². The van der Waals surface area contributed by atoms with Crippen LogP contribution >= 0.6 is 0 Å². The number of pyridine rings is 1. The fourth-order valence-electron chi connectivity index (χ4n) is 3.91. The number of phenolic OH excluding ortho intramolecular Hbond substituents is 1. The summed E-state index contributed by atoms with van der Waals surface area (Å²) in [5.41, 5.74) is 2.37. The van der Waals surface area contributed by atoms with Crippen LogP contribution in [0, 0.1) is 0 Å². The monoisotopic (exact) mass is 357 g/mol. The Kier molecular flexibility index (Phi) is 3.37. The molecule has 27 heavy (non-hydrogen) atoms. The Morgan fingerprint density at radius 1 is 0.926 bits per heavy atom. The third-order valence-electron chi connectivity index (χ3n) is 5.09. The molecule has 0 saturated heterocycles. The number of ketones is 1. The van der Waals surface area contributed by atoms with Crippen molar-refractivity contribution in [2.24, 2.45) is 0 Å². The van der Waals surface area contributed by atoms with Gasteiger partial charge in [0.2, 0.25) is 0 Å². The zero-order valence-corrected chi connectivity index (χ0v) is 14.4. The van der Waals surface area contributed by atoms with Crippen LogP contribution in [0.2, 0.25) is 0 Å². The summed E-state index contributed by atoms with van der Waals surface area (Å²) in [6, 6.07) is 13.9. The van der Waals surface area contributed by atoms with E-state index >= 15 is 0 Å². The second-order valence-electron chi connectivity index (χ2n) is 6.71. The summed E-state index contributed by atoms with van der Waals surface area (Å²) >= 11 is 0.